The van der Waals surface area contributed by atoms with Crippen LogP contribution in [-0.4, -0.2) is 41.5 Å². The number of ether oxygens (including phenoxy) is 2. The zero-order chi connectivity index (χ0) is 16.2. The molecule has 2 N–H and O–H groups in total. The van der Waals surface area contributed by atoms with Crippen molar-refractivity contribution in [1.82, 2.24) is 5.32 Å². The number of alkyl carbamates (subject to hydrolysis) is 1. The van der Waals surface area contributed by atoms with Crippen LogP contribution in [0.5, 0.6) is 0 Å². The minimum atomic E-state index is -0.963. The first-order chi connectivity index (χ1) is 9.60. The first-order valence-corrected chi connectivity index (χ1v) is 7.44. The number of rotatable bonds is 5. The van der Waals surface area contributed by atoms with Gasteiger partial charge in [-0.2, -0.15) is 0 Å². The Bertz CT molecular complexity index is 375. The lowest BCUT2D eigenvalue weighted by Crippen LogP contribution is -2.49. The highest BCUT2D eigenvalue weighted by atomic mass is 16.6. The van der Waals surface area contributed by atoms with Crippen LogP contribution in [0.4, 0.5) is 4.79 Å². The van der Waals surface area contributed by atoms with E-state index in [-0.39, 0.29) is 5.92 Å². The Morgan fingerprint density at radius 1 is 1.48 bits per heavy atom. The summed E-state index contributed by atoms with van der Waals surface area (Å²) in [4.78, 5) is 23.5. The van der Waals surface area contributed by atoms with Crippen LogP contribution in [-0.2, 0) is 14.3 Å². The van der Waals surface area contributed by atoms with E-state index in [2.05, 4.69) is 5.32 Å². The van der Waals surface area contributed by atoms with Crippen molar-refractivity contribution in [2.45, 2.75) is 65.2 Å². The average Bonchev–Trinajstić information content (AvgIpc) is 2.70. The number of aliphatic hydroxyl groups excluding tert-OH is 1. The summed E-state index contributed by atoms with van der Waals surface area (Å²) in [6.07, 6.45) is -0.511. The van der Waals surface area contributed by atoms with E-state index in [0.29, 0.717) is 19.4 Å². The van der Waals surface area contributed by atoms with Crippen molar-refractivity contribution in [3.63, 3.8) is 0 Å². The van der Waals surface area contributed by atoms with E-state index < -0.39 is 35.7 Å². The molecule has 1 amide bonds. The van der Waals surface area contributed by atoms with Gasteiger partial charge in [-0.3, -0.25) is 4.79 Å². The summed E-state index contributed by atoms with van der Waals surface area (Å²) in [5.41, 5.74) is -0.607. The molecule has 0 spiro atoms. The molecule has 0 aliphatic carbocycles. The normalized spacial score (nSPS) is 21.9. The fourth-order valence-corrected chi connectivity index (χ4v) is 2.35. The molecule has 0 bridgehead atoms. The van der Waals surface area contributed by atoms with Crippen molar-refractivity contribution in [3.8, 4) is 0 Å². The van der Waals surface area contributed by atoms with Gasteiger partial charge in [0.25, 0.3) is 0 Å². The summed E-state index contributed by atoms with van der Waals surface area (Å²) < 4.78 is 10.1. The Labute approximate surface area is 126 Å². The van der Waals surface area contributed by atoms with E-state index in [4.69, 9.17) is 9.47 Å². The molecule has 0 aromatic carbocycles. The van der Waals surface area contributed by atoms with Crippen LogP contribution in [0.3, 0.4) is 0 Å². The van der Waals surface area contributed by atoms with Crippen LogP contribution < -0.4 is 5.32 Å². The molecular formula is C15H27NO5. The quantitative estimate of drug-likeness (QED) is 0.757. The van der Waals surface area contributed by atoms with Crippen LogP contribution >= 0.6 is 0 Å². The van der Waals surface area contributed by atoms with Gasteiger partial charge < -0.3 is 19.9 Å². The molecule has 3 atom stereocenters. The zero-order valence-electron chi connectivity index (χ0n) is 13.5. The molecule has 0 saturated carbocycles. The van der Waals surface area contributed by atoms with Gasteiger partial charge in [0.05, 0.1) is 24.7 Å². The molecule has 21 heavy (non-hydrogen) atoms. The van der Waals surface area contributed by atoms with E-state index in [1.807, 2.05) is 13.8 Å². The Morgan fingerprint density at radius 2 is 2.10 bits per heavy atom. The number of aliphatic hydroxyl groups is 1. The second kappa shape index (κ2) is 7.11. The predicted molar refractivity (Wildman–Crippen MR) is 77.7 cm³/mol. The third-order valence-electron chi connectivity index (χ3n) is 3.23. The molecule has 0 aromatic rings. The molecule has 6 nitrogen and oxygen atoms in total. The molecule has 1 aliphatic heterocycles. The highest BCUT2D eigenvalue weighted by Gasteiger charge is 2.38. The van der Waals surface area contributed by atoms with Crippen LogP contribution in [0.15, 0.2) is 0 Å². The second-order valence-electron chi connectivity index (χ2n) is 6.94. The number of esters is 1. The zero-order valence-corrected chi connectivity index (χ0v) is 13.5. The third kappa shape index (κ3) is 5.91. The van der Waals surface area contributed by atoms with Gasteiger partial charge in [0.15, 0.2) is 0 Å². The minimum absolute atomic E-state index is 0.261. The SMILES string of the molecule is CC(C)C[C@H](NC(=O)OC(C)(C)C)[C@@H](O)[C@@H]1CCOC1=O. The first-order valence-electron chi connectivity index (χ1n) is 7.44. The van der Waals surface area contributed by atoms with Crippen molar-refractivity contribution >= 4 is 12.1 Å². The summed E-state index contributed by atoms with van der Waals surface area (Å²) in [6, 6.07) is -0.532. The van der Waals surface area contributed by atoms with E-state index in [9.17, 15) is 14.7 Å². The smallest absolute Gasteiger partial charge is 0.407 e. The number of carbonyl (C=O) groups excluding carboxylic acids is 2. The van der Waals surface area contributed by atoms with Gasteiger partial charge in [-0.1, -0.05) is 13.8 Å². The van der Waals surface area contributed by atoms with Crippen molar-refractivity contribution in [1.29, 1.82) is 0 Å². The van der Waals surface area contributed by atoms with Gasteiger partial charge in [-0.05, 0) is 39.5 Å². The summed E-state index contributed by atoms with van der Waals surface area (Å²) in [5, 5.41) is 13.1. The fourth-order valence-electron chi connectivity index (χ4n) is 2.35. The van der Waals surface area contributed by atoms with E-state index >= 15 is 0 Å². The van der Waals surface area contributed by atoms with Crippen LogP contribution in [0, 0.1) is 11.8 Å². The first kappa shape index (κ1) is 17.8. The molecule has 1 aliphatic rings. The molecule has 0 radical (unpaired) electrons. The lowest BCUT2D eigenvalue weighted by Gasteiger charge is -2.29. The molecule has 1 rings (SSSR count). The standard InChI is InChI=1S/C15H27NO5/c1-9(2)8-11(16-14(19)21-15(3,4)5)12(17)10-6-7-20-13(10)18/h9-12,17H,6-8H2,1-5H3,(H,16,19)/t10-,11-,12-/m0/s1. The number of nitrogens with one attached hydrogen (secondary N) is 1. The summed E-state index contributed by atoms with van der Waals surface area (Å²) in [5.74, 6) is -0.719. The maximum Gasteiger partial charge on any atom is 0.407 e. The van der Waals surface area contributed by atoms with Gasteiger partial charge in [0, 0.05) is 0 Å². The highest BCUT2D eigenvalue weighted by molar-refractivity contribution is 5.75. The van der Waals surface area contributed by atoms with Gasteiger partial charge >= 0.3 is 12.1 Å². The Hall–Kier alpha value is -1.30. The van der Waals surface area contributed by atoms with Gasteiger partial charge in [0.2, 0.25) is 0 Å². The maximum absolute atomic E-state index is 11.9. The van der Waals surface area contributed by atoms with Crippen LogP contribution in [0.25, 0.3) is 0 Å². The monoisotopic (exact) mass is 301 g/mol. The Morgan fingerprint density at radius 3 is 2.52 bits per heavy atom. The summed E-state index contributed by atoms with van der Waals surface area (Å²) in [6.45, 7) is 9.62. The molecule has 122 valence electrons. The Kier molecular flexibility index (Phi) is 6.01. The molecule has 1 heterocycles. The van der Waals surface area contributed by atoms with Crippen LogP contribution in [0.1, 0.15) is 47.5 Å². The van der Waals surface area contributed by atoms with E-state index in [1.165, 1.54) is 0 Å². The molecule has 1 fully saturated rings. The Balaban J connectivity index is 2.70. The van der Waals surface area contributed by atoms with Crippen molar-refractivity contribution in [2.24, 2.45) is 11.8 Å². The fraction of sp³-hybridized carbons (Fsp3) is 0.867. The predicted octanol–water partition coefficient (Wildman–Crippen LogP) is 1.85. The van der Waals surface area contributed by atoms with E-state index in [1.54, 1.807) is 20.8 Å². The average molecular weight is 301 g/mol. The molecule has 6 heteroatoms. The minimum Gasteiger partial charge on any atom is -0.465 e. The molecule has 0 unspecified atom stereocenters. The maximum atomic E-state index is 11.9. The molecule has 1 saturated heterocycles. The third-order valence-corrected chi connectivity index (χ3v) is 3.23. The molecular weight excluding hydrogens is 274 g/mol. The summed E-state index contributed by atoms with van der Waals surface area (Å²) >= 11 is 0. The van der Waals surface area contributed by atoms with Crippen molar-refractivity contribution < 1.29 is 24.2 Å². The van der Waals surface area contributed by atoms with Gasteiger partial charge in [0.1, 0.15) is 5.60 Å². The lowest BCUT2D eigenvalue weighted by molar-refractivity contribution is -0.144. The number of amides is 1. The topological polar surface area (TPSA) is 84.9 Å². The lowest BCUT2D eigenvalue weighted by atomic mass is 9.90. The van der Waals surface area contributed by atoms with Gasteiger partial charge in [-0.15, -0.1) is 0 Å². The number of carbonyl (C=O) groups is 2. The highest BCUT2D eigenvalue weighted by Crippen LogP contribution is 2.23. The van der Waals surface area contributed by atoms with Crippen molar-refractivity contribution in [2.75, 3.05) is 6.61 Å². The molecule has 0 aromatic heterocycles. The van der Waals surface area contributed by atoms with Gasteiger partial charge in [-0.25, -0.2) is 4.79 Å². The summed E-state index contributed by atoms with van der Waals surface area (Å²) in [7, 11) is 0. The number of hydrogen-bond donors (Lipinski definition) is 2. The van der Waals surface area contributed by atoms with Crippen LogP contribution in [0.2, 0.25) is 0 Å². The van der Waals surface area contributed by atoms with E-state index in [0.717, 1.165) is 0 Å². The van der Waals surface area contributed by atoms with Crippen molar-refractivity contribution in [3.05, 3.63) is 0 Å². The second-order valence-corrected chi connectivity index (χ2v) is 6.94. The largest absolute Gasteiger partial charge is 0.465 e. The number of cyclic esters (lactones) is 1. The number of hydrogen-bond acceptors (Lipinski definition) is 5.